The van der Waals surface area contributed by atoms with E-state index in [1.165, 1.54) is 11.3 Å². The molecular weight excluding hydrogens is 266 g/mol. The molecule has 1 atom stereocenters. The van der Waals surface area contributed by atoms with E-state index in [2.05, 4.69) is 15.3 Å². The molecule has 1 unspecified atom stereocenters. The fourth-order valence-electron chi connectivity index (χ4n) is 1.54. The second-order valence-corrected chi connectivity index (χ2v) is 5.07. The highest BCUT2D eigenvalue weighted by Gasteiger charge is 2.13. The van der Waals surface area contributed by atoms with Gasteiger partial charge in [0.15, 0.2) is 5.13 Å². The summed E-state index contributed by atoms with van der Waals surface area (Å²) in [7, 11) is 0. The number of carbonyl (C=O) groups is 1. The van der Waals surface area contributed by atoms with Crippen molar-refractivity contribution in [3.63, 3.8) is 0 Å². The van der Waals surface area contributed by atoms with Crippen LogP contribution in [-0.2, 0) is 11.2 Å². The van der Waals surface area contributed by atoms with Gasteiger partial charge in [-0.05, 0) is 13.8 Å². The third kappa shape index (κ3) is 3.78. The fraction of sp³-hybridized carbons (Fsp3) is 0.417. The molecule has 0 amide bonds. The van der Waals surface area contributed by atoms with Gasteiger partial charge >= 0.3 is 5.97 Å². The van der Waals surface area contributed by atoms with Crippen LogP contribution in [0.3, 0.4) is 0 Å². The first-order valence-electron chi connectivity index (χ1n) is 5.89. The minimum Gasteiger partial charge on any atom is -0.481 e. The Labute approximate surface area is 114 Å². The van der Waals surface area contributed by atoms with Crippen molar-refractivity contribution in [3.8, 4) is 0 Å². The summed E-state index contributed by atoms with van der Waals surface area (Å²) in [6.45, 7) is 3.78. The lowest BCUT2D eigenvalue weighted by Crippen LogP contribution is -2.06. The molecule has 6 nitrogen and oxygen atoms in total. The van der Waals surface area contributed by atoms with Gasteiger partial charge in [-0.3, -0.25) is 4.79 Å². The Bertz CT molecular complexity index is 564. The predicted octanol–water partition coefficient (Wildman–Crippen LogP) is 2.63. The molecule has 0 spiro atoms. The van der Waals surface area contributed by atoms with E-state index in [1.54, 1.807) is 6.20 Å². The number of thiazole rings is 1. The normalized spacial score (nSPS) is 12.3. The summed E-state index contributed by atoms with van der Waals surface area (Å²) >= 11 is 1.45. The van der Waals surface area contributed by atoms with Gasteiger partial charge in [0.1, 0.15) is 11.8 Å². The highest BCUT2D eigenvalue weighted by molar-refractivity contribution is 7.13. The van der Waals surface area contributed by atoms with Crippen LogP contribution >= 0.6 is 11.3 Å². The summed E-state index contributed by atoms with van der Waals surface area (Å²) in [5, 5.41) is 14.4. The number of hydrogen-bond acceptors (Lipinski definition) is 6. The topological polar surface area (TPSA) is 88.2 Å². The van der Waals surface area contributed by atoms with Crippen LogP contribution in [-0.4, -0.2) is 21.0 Å². The number of anilines is 1. The van der Waals surface area contributed by atoms with Crippen molar-refractivity contribution < 1.29 is 14.3 Å². The standard InChI is InChI=1S/C12H15N3O3S/c1-7-5-13-11(18-7)8(2)14-12-15-9(6-19-12)3-4-10(16)17/h5-6,8H,3-4H2,1-2H3,(H,14,15)(H,16,17). The molecule has 7 heteroatoms. The zero-order valence-corrected chi connectivity index (χ0v) is 11.5. The molecule has 102 valence electrons. The van der Waals surface area contributed by atoms with E-state index in [-0.39, 0.29) is 12.5 Å². The number of aliphatic carboxylic acids is 1. The Kier molecular flexibility index (Phi) is 4.16. The van der Waals surface area contributed by atoms with Crippen molar-refractivity contribution in [2.24, 2.45) is 0 Å². The molecule has 2 rings (SSSR count). The number of rotatable bonds is 6. The van der Waals surface area contributed by atoms with E-state index in [9.17, 15) is 4.79 Å². The number of nitrogens with one attached hydrogen (secondary N) is 1. The van der Waals surface area contributed by atoms with E-state index in [0.717, 1.165) is 16.6 Å². The molecule has 0 saturated carbocycles. The maximum Gasteiger partial charge on any atom is 0.303 e. The molecule has 0 bridgehead atoms. The first kappa shape index (κ1) is 13.5. The Morgan fingerprint density at radius 3 is 3.05 bits per heavy atom. The summed E-state index contributed by atoms with van der Waals surface area (Å²) in [4.78, 5) is 19.0. The minimum absolute atomic E-state index is 0.0767. The zero-order valence-electron chi connectivity index (χ0n) is 10.7. The Balaban J connectivity index is 1.94. The highest BCUT2D eigenvalue weighted by atomic mass is 32.1. The molecule has 0 saturated heterocycles. The van der Waals surface area contributed by atoms with Crippen LogP contribution in [0.2, 0.25) is 0 Å². The van der Waals surface area contributed by atoms with E-state index >= 15 is 0 Å². The first-order chi connectivity index (χ1) is 9.04. The van der Waals surface area contributed by atoms with Gasteiger partial charge in [0.05, 0.1) is 18.3 Å². The van der Waals surface area contributed by atoms with Crippen LogP contribution in [0.5, 0.6) is 0 Å². The molecule has 2 heterocycles. The second kappa shape index (κ2) is 5.83. The molecule has 19 heavy (non-hydrogen) atoms. The monoisotopic (exact) mass is 281 g/mol. The Hall–Kier alpha value is -1.89. The summed E-state index contributed by atoms with van der Waals surface area (Å²) < 4.78 is 5.43. The van der Waals surface area contributed by atoms with Gasteiger partial charge in [-0.2, -0.15) is 0 Å². The van der Waals surface area contributed by atoms with E-state index in [0.29, 0.717) is 12.3 Å². The quantitative estimate of drug-likeness (QED) is 0.846. The summed E-state index contributed by atoms with van der Waals surface area (Å²) in [5.74, 6) is 0.566. The maximum absolute atomic E-state index is 10.5. The molecule has 0 aliphatic heterocycles. The van der Waals surface area contributed by atoms with Crippen LogP contribution in [0.25, 0.3) is 0 Å². The van der Waals surface area contributed by atoms with Gasteiger partial charge < -0.3 is 14.8 Å². The zero-order chi connectivity index (χ0) is 13.8. The highest BCUT2D eigenvalue weighted by Crippen LogP contribution is 2.22. The van der Waals surface area contributed by atoms with Crippen molar-refractivity contribution in [1.82, 2.24) is 9.97 Å². The van der Waals surface area contributed by atoms with Crippen LogP contribution in [0, 0.1) is 6.92 Å². The Morgan fingerprint density at radius 1 is 1.63 bits per heavy atom. The first-order valence-corrected chi connectivity index (χ1v) is 6.77. The van der Waals surface area contributed by atoms with Gasteiger partial charge in [-0.25, -0.2) is 9.97 Å². The fourth-order valence-corrected chi connectivity index (χ4v) is 2.38. The molecular formula is C12H15N3O3S. The van der Waals surface area contributed by atoms with Crippen molar-refractivity contribution in [3.05, 3.63) is 28.9 Å². The number of nitrogens with zero attached hydrogens (tertiary/aromatic N) is 2. The maximum atomic E-state index is 10.5. The van der Waals surface area contributed by atoms with E-state index in [1.807, 2.05) is 19.2 Å². The predicted molar refractivity (Wildman–Crippen MR) is 71.3 cm³/mol. The van der Waals surface area contributed by atoms with Gasteiger partial charge in [-0.1, -0.05) is 0 Å². The lowest BCUT2D eigenvalue weighted by atomic mass is 10.2. The van der Waals surface area contributed by atoms with Crippen molar-refractivity contribution in [1.29, 1.82) is 0 Å². The van der Waals surface area contributed by atoms with Gasteiger partial charge in [0.25, 0.3) is 0 Å². The average Bonchev–Trinajstić information content (AvgIpc) is 2.95. The smallest absolute Gasteiger partial charge is 0.303 e. The van der Waals surface area contributed by atoms with Crippen LogP contribution < -0.4 is 5.32 Å². The minimum atomic E-state index is -0.814. The lowest BCUT2D eigenvalue weighted by Gasteiger charge is -2.08. The third-order valence-corrected chi connectivity index (χ3v) is 3.32. The van der Waals surface area contributed by atoms with Crippen molar-refractivity contribution in [2.45, 2.75) is 32.7 Å². The van der Waals surface area contributed by atoms with Crippen LogP contribution in [0.15, 0.2) is 16.0 Å². The van der Waals surface area contributed by atoms with Crippen LogP contribution in [0.1, 0.15) is 36.7 Å². The summed E-state index contributed by atoms with van der Waals surface area (Å²) in [6.07, 6.45) is 2.21. The molecule has 0 fully saturated rings. The second-order valence-electron chi connectivity index (χ2n) is 4.21. The number of hydrogen-bond donors (Lipinski definition) is 2. The van der Waals surface area contributed by atoms with Crippen molar-refractivity contribution in [2.75, 3.05) is 5.32 Å². The third-order valence-electron chi connectivity index (χ3n) is 2.50. The summed E-state index contributed by atoms with van der Waals surface area (Å²) in [6, 6.07) is -0.0767. The molecule has 0 radical (unpaired) electrons. The average molecular weight is 281 g/mol. The molecule has 0 aliphatic carbocycles. The number of aromatic nitrogens is 2. The molecule has 2 aromatic heterocycles. The van der Waals surface area contributed by atoms with Gasteiger partial charge in [0.2, 0.25) is 5.89 Å². The van der Waals surface area contributed by atoms with Crippen LogP contribution in [0.4, 0.5) is 5.13 Å². The molecule has 2 aromatic rings. The van der Waals surface area contributed by atoms with Crippen molar-refractivity contribution >= 4 is 22.4 Å². The largest absolute Gasteiger partial charge is 0.481 e. The number of oxazole rings is 1. The lowest BCUT2D eigenvalue weighted by molar-refractivity contribution is -0.136. The molecule has 2 N–H and O–H groups in total. The number of carboxylic acids is 1. The molecule has 0 aromatic carbocycles. The SMILES string of the molecule is Cc1cnc(C(C)Nc2nc(CCC(=O)O)cs2)o1. The Morgan fingerprint density at radius 2 is 2.42 bits per heavy atom. The molecule has 0 aliphatic rings. The van der Waals surface area contributed by atoms with Gasteiger partial charge in [0, 0.05) is 11.8 Å². The van der Waals surface area contributed by atoms with E-state index in [4.69, 9.17) is 9.52 Å². The number of aryl methyl sites for hydroxylation is 2. The van der Waals surface area contributed by atoms with Gasteiger partial charge in [-0.15, -0.1) is 11.3 Å². The number of carboxylic acid groups (broad SMARTS) is 1. The summed E-state index contributed by atoms with van der Waals surface area (Å²) in [5.41, 5.74) is 0.783. The van der Waals surface area contributed by atoms with E-state index < -0.39 is 5.97 Å².